The molecule has 4 rings (SSSR count). The molecule has 146 valence electrons. The Morgan fingerprint density at radius 2 is 2.04 bits per heavy atom. The maximum absolute atomic E-state index is 12.9. The van der Waals surface area contributed by atoms with Crippen molar-refractivity contribution >= 4 is 23.1 Å². The highest BCUT2D eigenvalue weighted by molar-refractivity contribution is 7.15. The first-order valence-corrected chi connectivity index (χ1v) is 9.87. The fourth-order valence-corrected chi connectivity index (χ4v) is 4.12. The predicted molar refractivity (Wildman–Crippen MR) is 105 cm³/mol. The number of nitrogens with zero attached hydrogens (tertiary/aromatic N) is 3. The smallest absolute Gasteiger partial charge is 0.320 e. The summed E-state index contributed by atoms with van der Waals surface area (Å²) >= 11 is 1.63. The average Bonchev–Trinajstić information content (AvgIpc) is 3.31. The van der Waals surface area contributed by atoms with Crippen molar-refractivity contribution in [2.45, 2.75) is 32.2 Å². The Bertz CT molecular complexity index is 977. The summed E-state index contributed by atoms with van der Waals surface area (Å²) in [7, 11) is 0. The second-order valence-electron chi connectivity index (χ2n) is 6.73. The molecule has 0 spiro atoms. The first-order valence-electron chi connectivity index (χ1n) is 9.05. The zero-order chi connectivity index (χ0) is 19.6. The van der Waals surface area contributed by atoms with Crippen molar-refractivity contribution in [1.29, 1.82) is 0 Å². The first-order chi connectivity index (χ1) is 13.6. The number of hydrogen-bond acceptors (Lipinski definition) is 7. The zero-order valence-corrected chi connectivity index (χ0v) is 16.5. The number of rotatable bonds is 4. The lowest BCUT2D eigenvalue weighted by molar-refractivity contribution is 0.0285. The van der Waals surface area contributed by atoms with Gasteiger partial charge in [-0.3, -0.25) is 4.98 Å². The molecule has 0 radical (unpaired) electrons. The van der Waals surface area contributed by atoms with Gasteiger partial charge in [-0.25, -0.2) is 4.79 Å². The molecule has 28 heavy (non-hydrogen) atoms. The van der Waals surface area contributed by atoms with Gasteiger partial charge >= 0.3 is 6.03 Å². The van der Waals surface area contributed by atoms with E-state index in [2.05, 4.69) is 25.8 Å². The SMILES string of the molecule is Cc1noc(C2(NC(=O)Nc3cccnc3-c3ccc(C)s3)CCOCC2)n1. The van der Waals surface area contributed by atoms with Gasteiger partial charge in [-0.15, -0.1) is 11.3 Å². The molecule has 1 aliphatic rings. The first kappa shape index (κ1) is 18.6. The largest absolute Gasteiger partial charge is 0.381 e. The molecule has 0 atom stereocenters. The summed E-state index contributed by atoms with van der Waals surface area (Å²) in [6, 6.07) is 7.33. The lowest BCUT2D eigenvalue weighted by Crippen LogP contribution is -2.51. The van der Waals surface area contributed by atoms with Gasteiger partial charge in [0.25, 0.3) is 5.89 Å². The third kappa shape index (κ3) is 3.76. The van der Waals surface area contributed by atoms with Crippen LogP contribution in [0.4, 0.5) is 10.5 Å². The lowest BCUT2D eigenvalue weighted by atomic mass is 9.90. The number of carbonyl (C=O) groups is 1. The fraction of sp³-hybridized carbons (Fsp3) is 0.368. The Hall–Kier alpha value is -2.78. The summed E-state index contributed by atoms with van der Waals surface area (Å²) in [5, 5.41) is 9.85. The van der Waals surface area contributed by atoms with E-state index in [1.54, 1.807) is 30.5 Å². The molecule has 1 saturated heterocycles. The predicted octanol–water partition coefficient (Wildman–Crippen LogP) is 3.64. The number of ether oxygens (including phenoxy) is 1. The van der Waals surface area contributed by atoms with E-state index in [9.17, 15) is 4.79 Å². The minimum absolute atomic E-state index is 0.347. The molecule has 2 N–H and O–H groups in total. The van der Waals surface area contributed by atoms with Crippen LogP contribution in [-0.4, -0.2) is 34.4 Å². The minimum atomic E-state index is -0.745. The minimum Gasteiger partial charge on any atom is -0.381 e. The summed E-state index contributed by atoms with van der Waals surface area (Å²) in [6.45, 7) is 4.81. The third-order valence-corrected chi connectivity index (χ3v) is 5.67. The van der Waals surface area contributed by atoms with Gasteiger partial charge in [-0.2, -0.15) is 4.98 Å². The summed E-state index contributed by atoms with van der Waals surface area (Å²) in [5.41, 5.74) is 0.641. The Morgan fingerprint density at radius 3 is 2.71 bits per heavy atom. The molecule has 1 fully saturated rings. The molecule has 1 aliphatic heterocycles. The fourth-order valence-electron chi connectivity index (χ4n) is 3.24. The van der Waals surface area contributed by atoms with Gasteiger partial charge in [0.05, 0.1) is 10.6 Å². The molecule has 0 bridgehead atoms. The molecule has 2 amide bonds. The number of carbonyl (C=O) groups excluding carboxylic acids is 1. The summed E-state index contributed by atoms with van der Waals surface area (Å²) in [5.74, 6) is 0.939. The Morgan fingerprint density at radius 1 is 1.21 bits per heavy atom. The van der Waals surface area contributed by atoms with E-state index in [4.69, 9.17) is 9.26 Å². The number of hydrogen-bond donors (Lipinski definition) is 2. The van der Waals surface area contributed by atoms with Crippen molar-refractivity contribution < 1.29 is 14.1 Å². The van der Waals surface area contributed by atoms with Crippen LogP contribution in [0.25, 0.3) is 10.6 Å². The van der Waals surface area contributed by atoms with Gasteiger partial charge in [0.15, 0.2) is 5.82 Å². The van der Waals surface area contributed by atoms with Crippen molar-refractivity contribution in [2.24, 2.45) is 0 Å². The quantitative estimate of drug-likeness (QED) is 0.694. The van der Waals surface area contributed by atoms with E-state index < -0.39 is 5.54 Å². The summed E-state index contributed by atoms with van der Waals surface area (Å²) in [6.07, 6.45) is 2.84. The monoisotopic (exact) mass is 399 g/mol. The van der Waals surface area contributed by atoms with E-state index >= 15 is 0 Å². The van der Waals surface area contributed by atoms with E-state index in [1.165, 1.54) is 4.88 Å². The number of aromatic nitrogens is 3. The van der Waals surface area contributed by atoms with Crippen molar-refractivity contribution in [3.8, 4) is 10.6 Å². The van der Waals surface area contributed by atoms with Gasteiger partial charge < -0.3 is 19.9 Å². The third-order valence-electron chi connectivity index (χ3n) is 4.67. The normalized spacial score (nSPS) is 15.9. The molecule has 3 aromatic heterocycles. The molecule has 4 heterocycles. The highest BCUT2D eigenvalue weighted by atomic mass is 32.1. The number of anilines is 1. The van der Waals surface area contributed by atoms with Crippen molar-refractivity contribution in [2.75, 3.05) is 18.5 Å². The molecular weight excluding hydrogens is 378 g/mol. The average molecular weight is 399 g/mol. The van der Waals surface area contributed by atoms with Gasteiger partial charge in [-0.1, -0.05) is 5.16 Å². The molecule has 0 saturated carbocycles. The Kier molecular flexibility index (Phi) is 5.10. The molecule has 0 unspecified atom stereocenters. The number of aryl methyl sites for hydroxylation is 2. The zero-order valence-electron chi connectivity index (χ0n) is 15.7. The highest BCUT2D eigenvalue weighted by Gasteiger charge is 2.41. The molecule has 0 aliphatic carbocycles. The van der Waals surface area contributed by atoms with E-state index in [0.717, 1.165) is 10.6 Å². The van der Waals surface area contributed by atoms with Gasteiger partial charge in [0, 0.05) is 37.1 Å². The maximum Gasteiger partial charge on any atom is 0.320 e. The van der Waals surface area contributed by atoms with E-state index in [-0.39, 0.29) is 6.03 Å². The maximum atomic E-state index is 12.9. The number of thiophene rings is 1. The number of nitrogens with one attached hydrogen (secondary N) is 2. The number of pyridine rings is 1. The highest BCUT2D eigenvalue weighted by Crippen LogP contribution is 2.33. The van der Waals surface area contributed by atoms with Gasteiger partial charge in [0.1, 0.15) is 11.2 Å². The van der Waals surface area contributed by atoms with E-state index in [1.807, 2.05) is 25.1 Å². The lowest BCUT2D eigenvalue weighted by Gasteiger charge is -2.34. The summed E-state index contributed by atoms with van der Waals surface area (Å²) in [4.78, 5) is 23.9. The molecule has 8 nitrogen and oxygen atoms in total. The number of urea groups is 1. The second-order valence-corrected chi connectivity index (χ2v) is 8.02. The molecular formula is C19H21N5O3S. The van der Waals surface area contributed by atoms with Crippen LogP contribution in [0.15, 0.2) is 35.0 Å². The summed E-state index contributed by atoms with van der Waals surface area (Å²) < 4.78 is 10.8. The van der Waals surface area contributed by atoms with Crippen molar-refractivity contribution in [3.63, 3.8) is 0 Å². The molecule has 3 aromatic rings. The van der Waals surface area contributed by atoms with Crippen LogP contribution in [0, 0.1) is 13.8 Å². The number of amides is 2. The molecule has 0 aromatic carbocycles. The van der Waals surface area contributed by atoms with Crippen LogP contribution in [0.1, 0.15) is 29.4 Å². The Balaban J connectivity index is 1.57. The second kappa shape index (κ2) is 7.69. The van der Waals surface area contributed by atoms with Crippen molar-refractivity contribution in [3.05, 3.63) is 47.1 Å². The van der Waals surface area contributed by atoms with Gasteiger partial charge in [-0.05, 0) is 38.1 Å². The van der Waals surface area contributed by atoms with Crippen LogP contribution in [0.2, 0.25) is 0 Å². The van der Waals surface area contributed by atoms with Crippen LogP contribution in [-0.2, 0) is 10.3 Å². The van der Waals surface area contributed by atoms with Crippen LogP contribution in [0.5, 0.6) is 0 Å². The van der Waals surface area contributed by atoms with Gasteiger partial charge in [0.2, 0.25) is 0 Å². The molecule has 9 heteroatoms. The van der Waals surface area contributed by atoms with E-state index in [0.29, 0.717) is 43.5 Å². The van der Waals surface area contributed by atoms with Crippen LogP contribution < -0.4 is 10.6 Å². The topological polar surface area (TPSA) is 102 Å². The van der Waals surface area contributed by atoms with Crippen LogP contribution >= 0.6 is 11.3 Å². The van der Waals surface area contributed by atoms with Crippen LogP contribution in [0.3, 0.4) is 0 Å². The standard InChI is InChI=1S/C19H21N5O3S/c1-12-5-6-15(28-12)16-14(4-3-9-20-16)22-18(25)23-19(7-10-26-11-8-19)17-21-13(2)24-27-17/h3-6,9H,7-8,10-11H2,1-2H3,(H2,22,23,25). The Labute approximate surface area is 166 Å². The van der Waals surface area contributed by atoms with Crippen molar-refractivity contribution in [1.82, 2.24) is 20.4 Å².